The molecule has 36 heavy (non-hydrogen) atoms. The maximum atomic E-state index is 13.4. The Morgan fingerprint density at radius 1 is 1.25 bits per heavy atom. The van der Waals surface area contributed by atoms with Gasteiger partial charge in [0, 0.05) is 23.5 Å². The van der Waals surface area contributed by atoms with Crippen LogP contribution in [0.1, 0.15) is 75.7 Å². The number of halogens is 3. The maximum absolute atomic E-state index is 13.4. The molecule has 6 nitrogen and oxygen atoms in total. The van der Waals surface area contributed by atoms with Crippen LogP contribution in [-0.4, -0.2) is 45.1 Å². The highest BCUT2D eigenvalue weighted by Crippen LogP contribution is 2.49. The van der Waals surface area contributed by atoms with Crippen LogP contribution >= 0.6 is 23.2 Å². The molecule has 1 aromatic heterocycles. The Kier molecular flexibility index (Phi) is 7.18. The number of hydrogen-bond donors (Lipinski definition) is 2. The fourth-order valence-corrected chi connectivity index (χ4v) is 6.72. The number of benzene rings is 1. The summed E-state index contributed by atoms with van der Waals surface area (Å²) in [5, 5.41) is 13.5. The second kappa shape index (κ2) is 10.1. The normalized spacial score (nSPS) is 31.2. The van der Waals surface area contributed by atoms with Crippen molar-refractivity contribution in [2.75, 3.05) is 18.4 Å². The molecule has 194 valence electrons. The molecule has 1 aromatic carbocycles. The van der Waals surface area contributed by atoms with Crippen molar-refractivity contribution in [1.82, 2.24) is 14.9 Å². The first-order chi connectivity index (χ1) is 17.1. The smallest absolute Gasteiger partial charge is 0.309 e. The third kappa shape index (κ3) is 5.07. The van der Waals surface area contributed by atoms with E-state index < -0.39 is 11.4 Å². The maximum Gasteiger partial charge on any atom is 0.309 e. The monoisotopic (exact) mass is 534 g/mol. The Hall–Kier alpha value is -1.96. The van der Waals surface area contributed by atoms with Gasteiger partial charge in [-0.15, -0.1) is 0 Å². The number of aliphatic carboxylic acids is 1. The van der Waals surface area contributed by atoms with E-state index in [4.69, 9.17) is 28.2 Å². The minimum Gasteiger partial charge on any atom is -0.481 e. The van der Waals surface area contributed by atoms with Crippen LogP contribution in [0.2, 0.25) is 10.0 Å². The van der Waals surface area contributed by atoms with Crippen LogP contribution < -0.4 is 5.32 Å². The number of anilines is 1. The molecule has 0 bridgehead atoms. The van der Waals surface area contributed by atoms with Gasteiger partial charge in [0.25, 0.3) is 0 Å². The van der Waals surface area contributed by atoms with Crippen LogP contribution in [0.25, 0.3) is 0 Å². The summed E-state index contributed by atoms with van der Waals surface area (Å²) in [6, 6.07) is 4.58. The Bertz CT molecular complexity index is 1140. The lowest BCUT2D eigenvalue weighted by Crippen LogP contribution is -2.56. The number of carbonyl (C=O) groups is 1. The molecule has 3 aliphatic rings. The quantitative estimate of drug-likeness (QED) is 0.419. The van der Waals surface area contributed by atoms with Crippen LogP contribution in [0.3, 0.4) is 0 Å². The average molecular weight is 535 g/mol. The van der Waals surface area contributed by atoms with E-state index in [0.29, 0.717) is 39.7 Å². The predicted octanol–water partition coefficient (Wildman–Crippen LogP) is 6.55. The second-order valence-corrected chi connectivity index (χ2v) is 12.0. The number of carboxylic acids is 1. The first-order valence-electron chi connectivity index (χ1n) is 12.8. The van der Waals surface area contributed by atoms with Crippen LogP contribution in [0.5, 0.6) is 0 Å². The molecule has 1 unspecified atom stereocenters. The molecular weight excluding hydrogens is 502 g/mol. The minimum absolute atomic E-state index is 0.199. The summed E-state index contributed by atoms with van der Waals surface area (Å²) < 4.78 is 13.4. The lowest BCUT2D eigenvalue weighted by atomic mass is 9.64. The standard InChI is InChI=1S/C27H33Cl2FN4O2/c1-15(21-6-5-19(30)10-22(21)28)32-25-23(29)13-31-24(33-25)18-8-17(9-18)16-4-3-7-34(14-16)20-11-27(2,12-20)26(35)36/h5-6,10,13,15-18,20H,3-4,7-9,11-12,14H2,1-2H3,(H,35,36)(H,31,32,33)/t15?,16-,17?,18?,20?,27?/m0/s1. The number of hydrogen-bond acceptors (Lipinski definition) is 5. The molecular formula is C27H33Cl2FN4O2. The molecule has 2 aromatic rings. The van der Waals surface area contributed by atoms with E-state index in [1.165, 1.54) is 25.0 Å². The van der Waals surface area contributed by atoms with Crippen molar-refractivity contribution in [2.45, 2.75) is 70.4 Å². The highest BCUT2D eigenvalue weighted by atomic mass is 35.5. The van der Waals surface area contributed by atoms with Crippen molar-refractivity contribution in [3.05, 3.63) is 51.6 Å². The van der Waals surface area contributed by atoms with E-state index in [0.717, 1.165) is 50.2 Å². The molecule has 2 aliphatic carbocycles. The van der Waals surface area contributed by atoms with Crippen LogP contribution in [-0.2, 0) is 4.79 Å². The van der Waals surface area contributed by atoms with Gasteiger partial charge in [0.2, 0.25) is 0 Å². The van der Waals surface area contributed by atoms with Crippen molar-refractivity contribution in [1.29, 1.82) is 0 Å². The summed E-state index contributed by atoms with van der Waals surface area (Å²) in [7, 11) is 0. The van der Waals surface area contributed by atoms with Gasteiger partial charge in [-0.3, -0.25) is 4.79 Å². The first kappa shape index (κ1) is 25.7. The fourth-order valence-electron chi connectivity index (χ4n) is 6.24. The van der Waals surface area contributed by atoms with Gasteiger partial charge in [0.15, 0.2) is 0 Å². The first-order valence-corrected chi connectivity index (χ1v) is 13.6. The summed E-state index contributed by atoms with van der Waals surface area (Å²) in [5.41, 5.74) is 0.228. The second-order valence-electron chi connectivity index (χ2n) is 11.2. The van der Waals surface area contributed by atoms with E-state index in [2.05, 4.69) is 15.2 Å². The average Bonchev–Trinajstić information content (AvgIpc) is 2.78. The molecule has 5 rings (SSSR count). The van der Waals surface area contributed by atoms with Gasteiger partial charge in [-0.1, -0.05) is 29.3 Å². The van der Waals surface area contributed by atoms with Gasteiger partial charge in [-0.2, -0.15) is 0 Å². The Morgan fingerprint density at radius 3 is 2.69 bits per heavy atom. The van der Waals surface area contributed by atoms with Gasteiger partial charge in [-0.25, -0.2) is 14.4 Å². The molecule has 9 heteroatoms. The molecule has 0 amide bonds. The largest absolute Gasteiger partial charge is 0.481 e. The number of nitrogens with one attached hydrogen (secondary N) is 1. The van der Waals surface area contributed by atoms with Gasteiger partial charge < -0.3 is 15.3 Å². The molecule has 1 aliphatic heterocycles. The van der Waals surface area contributed by atoms with Crippen molar-refractivity contribution in [3.63, 3.8) is 0 Å². The van der Waals surface area contributed by atoms with Crippen LogP contribution in [0, 0.1) is 23.1 Å². The number of likely N-dealkylation sites (tertiary alicyclic amines) is 1. The Balaban J connectivity index is 1.17. The number of piperidine rings is 1. The number of rotatable bonds is 7. The number of nitrogens with zero attached hydrogens (tertiary/aromatic N) is 3. The molecule has 0 radical (unpaired) electrons. The van der Waals surface area contributed by atoms with E-state index >= 15 is 0 Å². The van der Waals surface area contributed by atoms with Crippen molar-refractivity contribution < 1.29 is 14.3 Å². The topological polar surface area (TPSA) is 78.4 Å². The highest BCUT2D eigenvalue weighted by Gasteiger charge is 2.50. The molecule has 2 N–H and O–H groups in total. The SMILES string of the molecule is CC(Nc1nc(C2CC([C@H]3CCCN(C4CC(C)(C(=O)O)C4)C3)C2)ncc1Cl)c1ccc(F)cc1Cl. The summed E-state index contributed by atoms with van der Waals surface area (Å²) in [5.74, 6) is 1.94. The third-order valence-corrected chi connectivity index (χ3v) is 9.25. The zero-order chi connectivity index (χ0) is 25.6. The third-order valence-electron chi connectivity index (χ3n) is 8.65. The Labute approximate surface area is 221 Å². The lowest BCUT2D eigenvalue weighted by molar-refractivity contribution is -0.158. The van der Waals surface area contributed by atoms with E-state index in [1.54, 1.807) is 12.3 Å². The van der Waals surface area contributed by atoms with E-state index in [1.807, 2.05) is 13.8 Å². The van der Waals surface area contributed by atoms with Gasteiger partial charge in [0.05, 0.1) is 17.7 Å². The molecule has 1 saturated heterocycles. The summed E-state index contributed by atoms with van der Waals surface area (Å²) in [4.78, 5) is 23.3. The zero-order valence-electron chi connectivity index (χ0n) is 20.7. The molecule has 2 atom stereocenters. The molecule has 3 fully saturated rings. The fraction of sp³-hybridized carbons (Fsp3) is 0.593. The van der Waals surface area contributed by atoms with E-state index in [9.17, 15) is 14.3 Å². The van der Waals surface area contributed by atoms with Gasteiger partial charge in [-0.05, 0) is 88.4 Å². The molecule has 2 saturated carbocycles. The van der Waals surface area contributed by atoms with Gasteiger partial charge >= 0.3 is 5.97 Å². The summed E-state index contributed by atoms with van der Waals surface area (Å²) in [6.45, 7) is 5.96. The number of aromatic nitrogens is 2. The molecule has 2 heterocycles. The number of carboxylic acid groups (broad SMARTS) is 1. The van der Waals surface area contributed by atoms with Crippen molar-refractivity contribution in [2.24, 2.45) is 17.3 Å². The van der Waals surface area contributed by atoms with Crippen LogP contribution in [0.15, 0.2) is 24.4 Å². The predicted molar refractivity (Wildman–Crippen MR) is 139 cm³/mol. The zero-order valence-corrected chi connectivity index (χ0v) is 22.2. The Morgan fingerprint density at radius 2 is 2.00 bits per heavy atom. The minimum atomic E-state index is -0.666. The van der Waals surface area contributed by atoms with E-state index in [-0.39, 0.29) is 11.9 Å². The summed E-state index contributed by atoms with van der Waals surface area (Å²) in [6.07, 6.45) is 7.73. The lowest BCUT2D eigenvalue weighted by Gasteiger charge is -2.51. The van der Waals surface area contributed by atoms with Crippen molar-refractivity contribution >= 4 is 35.0 Å². The van der Waals surface area contributed by atoms with Crippen LogP contribution in [0.4, 0.5) is 10.2 Å². The molecule has 0 spiro atoms. The van der Waals surface area contributed by atoms with Gasteiger partial charge in [0.1, 0.15) is 22.5 Å². The highest BCUT2D eigenvalue weighted by molar-refractivity contribution is 6.33. The summed E-state index contributed by atoms with van der Waals surface area (Å²) >= 11 is 12.6. The van der Waals surface area contributed by atoms with Crippen molar-refractivity contribution in [3.8, 4) is 0 Å².